The Hall–Kier alpha value is -1.87. The molecule has 29 heavy (non-hydrogen) atoms. The van der Waals surface area contributed by atoms with Crippen molar-refractivity contribution >= 4 is 34.2 Å². The molecule has 1 aromatic carbocycles. The quantitative estimate of drug-likeness (QED) is 0.529. The van der Waals surface area contributed by atoms with Gasteiger partial charge in [-0.3, -0.25) is 4.98 Å². The molecule has 0 amide bonds. The van der Waals surface area contributed by atoms with Crippen LogP contribution in [0.1, 0.15) is 19.4 Å². The molecule has 0 aliphatic carbocycles. The van der Waals surface area contributed by atoms with E-state index in [0.717, 1.165) is 14.4 Å². The second-order valence-electron chi connectivity index (χ2n) is 6.57. The van der Waals surface area contributed by atoms with Gasteiger partial charge in [-0.05, 0) is 36.9 Å². The molecule has 0 saturated heterocycles. The third kappa shape index (κ3) is 5.19. The highest BCUT2D eigenvalue weighted by molar-refractivity contribution is 8.00. The number of hydrogen-bond donors (Lipinski definition) is 1. The number of hydrogen-bond acceptors (Lipinski definition) is 5. The number of halogens is 2. The molecule has 0 bridgehead atoms. The van der Waals surface area contributed by atoms with Crippen LogP contribution in [0.15, 0.2) is 64.8 Å². The summed E-state index contributed by atoms with van der Waals surface area (Å²) < 4.78 is 42.3. The van der Waals surface area contributed by atoms with E-state index in [0.29, 0.717) is 11.8 Å². The third-order valence-corrected chi connectivity index (χ3v) is 6.60. The molecule has 0 aliphatic rings. The standard InChI is InChI=1S/C20H22FN3O2S2.ClH/c1-14(2)27-16-9-17(12-23-11-16)28(25,26)24-13-15(10-22-3)8-20(24)18-6-4-5-7-19(18)21;/h4-9,11-14,22H,10H2,1-3H3;1H. The molecule has 0 radical (unpaired) electrons. The molecule has 3 aromatic rings. The van der Waals surface area contributed by atoms with Crippen molar-refractivity contribution in [2.75, 3.05) is 7.05 Å². The minimum Gasteiger partial charge on any atom is -0.316 e. The van der Waals surface area contributed by atoms with E-state index in [4.69, 9.17) is 0 Å². The first-order valence-corrected chi connectivity index (χ1v) is 11.1. The summed E-state index contributed by atoms with van der Waals surface area (Å²) in [5, 5.41) is 3.29. The molecular formula is C20H23ClFN3O2S2. The second kappa shape index (κ2) is 9.75. The van der Waals surface area contributed by atoms with Crippen molar-refractivity contribution in [3.63, 3.8) is 0 Å². The predicted octanol–water partition coefficient (Wildman–Crippen LogP) is 4.57. The van der Waals surface area contributed by atoms with Crippen LogP contribution in [0.3, 0.4) is 0 Å². The molecule has 2 heterocycles. The van der Waals surface area contributed by atoms with Crippen LogP contribution in [0.25, 0.3) is 11.3 Å². The lowest BCUT2D eigenvalue weighted by Gasteiger charge is -2.12. The highest BCUT2D eigenvalue weighted by Gasteiger charge is 2.24. The fraction of sp³-hybridized carbons (Fsp3) is 0.250. The number of rotatable bonds is 7. The first-order valence-electron chi connectivity index (χ1n) is 8.81. The molecule has 5 nitrogen and oxygen atoms in total. The fourth-order valence-electron chi connectivity index (χ4n) is 2.85. The summed E-state index contributed by atoms with van der Waals surface area (Å²) in [6, 6.07) is 9.44. The lowest BCUT2D eigenvalue weighted by Crippen LogP contribution is -2.14. The van der Waals surface area contributed by atoms with E-state index in [2.05, 4.69) is 10.3 Å². The van der Waals surface area contributed by atoms with Crippen LogP contribution in [0.4, 0.5) is 4.39 Å². The van der Waals surface area contributed by atoms with Gasteiger partial charge in [0.05, 0.1) is 5.69 Å². The molecule has 1 N–H and O–H groups in total. The van der Waals surface area contributed by atoms with Crippen molar-refractivity contribution in [1.29, 1.82) is 0 Å². The van der Waals surface area contributed by atoms with E-state index in [1.165, 1.54) is 30.2 Å². The molecule has 0 saturated carbocycles. The van der Waals surface area contributed by atoms with Crippen LogP contribution < -0.4 is 5.32 Å². The van der Waals surface area contributed by atoms with Gasteiger partial charge >= 0.3 is 0 Å². The molecule has 0 spiro atoms. The molecule has 2 aromatic heterocycles. The number of benzene rings is 1. The molecule has 0 unspecified atom stereocenters. The number of nitrogens with one attached hydrogen (secondary N) is 1. The zero-order chi connectivity index (χ0) is 20.3. The molecule has 3 rings (SSSR count). The van der Waals surface area contributed by atoms with Gasteiger partial charge in [0, 0.05) is 40.8 Å². The summed E-state index contributed by atoms with van der Waals surface area (Å²) in [6.45, 7) is 4.52. The molecular weight excluding hydrogens is 433 g/mol. The Kier molecular flexibility index (Phi) is 7.87. The SMILES string of the molecule is CNCc1cc(-c2ccccc2F)n(S(=O)(=O)c2cncc(SC(C)C)c2)c1.Cl. The minimum atomic E-state index is -3.94. The van der Waals surface area contributed by atoms with Crippen molar-refractivity contribution in [3.8, 4) is 11.3 Å². The zero-order valence-corrected chi connectivity index (χ0v) is 18.7. The number of aromatic nitrogens is 2. The summed E-state index contributed by atoms with van der Waals surface area (Å²) in [5.41, 5.74) is 1.25. The van der Waals surface area contributed by atoms with Gasteiger partial charge in [-0.25, -0.2) is 16.8 Å². The van der Waals surface area contributed by atoms with E-state index < -0.39 is 15.8 Å². The van der Waals surface area contributed by atoms with E-state index in [9.17, 15) is 12.8 Å². The number of nitrogens with zero attached hydrogens (tertiary/aromatic N) is 2. The van der Waals surface area contributed by atoms with Crippen molar-refractivity contribution in [2.24, 2.45) is 0 Å². The van der Waals surface area contributed by atoms with Gasteiger partial charge in [0.15, 0.2) is 0 Å². The Balaban J connectivity index is 0.00000300. The van der Waals surface area contributed by atoms with Crippen LogP contribution in [0.5, 0.6) is 0 Å². The zero-order valence-electron chi connectivity index (χ0n) is 16.3. The van der Waals surface area contributed by atoms with E-state index in [-0.39, 0.29) is 28.6 Å². The Morgan fingerprint density at radius 3 is 2.59 bits per heavy atom. The second-order valence-corrected chi connectivity index (χ2v) is 10.0. The van der Waals surface area contributed by atoms with Gasteiger partial charge in [0.1, 0.15) is 10.7 Å². The van der Waals surface area contributed by atoms with Crippen LogP contribution >= 0.6 is 24.2 Å². The van der Waals surface area contributed by atoms with Crippen LogP contribution in [0, 0.1) is 5.82 Å². The van der Waals surface area contributed by atoms with Crippen molar-refractivity contribution in [3.05, 3.63) is 66.4 Å². The summed E-state index contributed by atoms with van der Waals surface area (Å²) in [7, 11) is -2.17. The van der Waals surface area contributed by atoms with Gasteiger partial charge in [0.25, 0.3) is 10.0 Å². The average molecular weight is 456 g/mol. The van der Waals surface area contributed by atoms with Gasteiger partial charge in [-0.2, -0.15) is 0 Å². The van der Waals surface area contributed by atoms with Gasteiger partial charge in [-0.1, -0.05) is 26.0 Å². The molecule has 9 heteroatoms. The van der Waals surface area contributed by atoms with Crippen molar-refractivity contribution < 1.29 is 12.8 Å². The van der Waals surface area contributed by atoms with E-state index in [1.807, 2.05) is 13.8 Å². The topological polar surface area (TPSA) is 64.0 Å². The number of pyridine rings is 1. The first-order chi connectivity index (χ1) is 13.3. The summed E-state index contributed by atoms with van der Waals surface area (Å²) >= 11 is 1.53. The van der Waals surface area contributed by atoms with Crippen LogP contribution in [-0.2, 0) is 16.6 Å². The van der Waals surface area contributed by atoms with Crippen molar-refractivity contribution in [1.82, 2.24) is 14.3 Å². The average Bonchev–Trinajstić information content (AvgIpc) is 3.07. The minimum absolute atomic E-state index is 0. The van der Waals surface area contributed by atoms with Gasteiger partial charge in [0.2, 0.25) is 0 Å². The van der Waals surface area contributed by atoms with Gasteiger partial charge in [-0.15, -0.1) is 24.2 Å². The molecule has 156 valence electrons. The largest absolute Gasteiger partial charge is 0.316 e. The smallest absolute Gasteiger partial charge is 0.269 e. The van der Waals surface area contributed by atoms with E-state index >= 15 is 0 Å². The normalized spacial score (nSPS) is 11.5. The fourth-order valence-corrected chi connectivity index (χ4v) is 5.17. The van der Waals surface area contributed by atoms with Crippen LogP contribution in [-0.4, -0.2) is 29.7 Å². The maximum Gasteiger partial charge on any atom is 0.269 e. The maximum atomic E-state index is 14.4. The lowest BCUT2D eigenvalue weighted by molar-refractivity contribution is 0.586. The lowest BCUT2D eigenvalue weighted by atomic mass is 10.1. The Bertz CT molecular complexity index is 1080. The van der Waals surface area contributed by atoms with Gasteiger partial charge < -0.3 is 5.32 Å². The highest BCUT2D eigenvalue weighted by Crippen LogP contribution is 2.30. The monoisotopic (exact) mass is 455 g/mol. The third-order valence-electron chi connectivity index (χ3n) is 3.99. The van der Waals surface area contributed by atoms with E-state index in [1.54, 1.807) is 43.6 Å². The molecule has 0 aliphatic heterocycles. The first kappa shape index (κ1) is 23.4. The highest BCUT2D eigenvalue weighted by atomic mass is 35.5. The predicted molar refractivity (Wildman–Crippen MR) is 118 cm³/mol. The summed E-state index contributed by atoms with van der Waals surface area (Å²) in [4.78, 5) is 4.93. The molecule has 0 atom stereocenters. The summed E-state index contributed by atoms with van der Waals surface area (Å²) in [6.07, 6.45) is 4.49. The molecule has 0 fully saturated rings. The van der Waals surface area contributed by atoms with Crippen molar-refractivity contribution in [2.45, 2.75) is 35.4 Å². The Morgan fingerprint density at radius 2 is 1.93 bits per heavy atom. The Morgan fingerprint density at radius 1 is 1.21 bits per heavy atom. The number of thioether (sulfide) groups is 1. The van der Waals surface area contributed by atoms with Crippen LogP contribution in [0.2, 0.25) is 0 Å². The maximum absolute atomic E-state index is 14.4. The summed E-state index contributed by atoms with van der Waals surface area (Å²) in [5.74, 6) is -0.477. The Labute approximate surface area is 181 Å².